The molecule has 1 fully saturated rings. The molecule has 1 nitrogen and oxygen atoms in total. The van der Waals surface area contributed by atoms with Gasteiger partial charge in [0.05, 0.1) is 0 Å². The van der Waals surface area contributed by atoms with Gasteiger partial charge in [-0.2, -0.15) is 0 Å². The Bertz CT molecular complexity index is 312. The first-order chi connectivity index (χ1) is 7.77. The predicted molar refractivity (Wildman–Crippen MR) is 65.3 cm³/mol. The number of aryl methyl sites for hydroxylation is 1. The van der Waals surface area contributed by atoms with Crippen molar-refractivity contribution in [2.45, 2.75) is 44.8 Å². The highest BCUT2D eigenvalue weighted by atomic mass is 19.1. The van der Waals surface area contributed by atoms with Gasteiger partial charge < -0.3 is 5.32 Å². The van der Waals surface area contributed by atoms with Gasteiger partial charge in [0.1, 0.15) is 6.17 Å². The number of nitrogens with one attached hydrogen (secondary N) is 1. The molecular formula is C14H20FN. The first-order valence-electron chi connectivity index (χ1n) is 6.21. The second kappa shape index (κ2) is 5.44. The molecule has 0 aromatic heterocycles. The van der Waals surface area contributed by atoms with Crippen LogP contribution in [0.1, 0.15) is 43.0 Å². The van der Waals surface area contributed by atoms with Crippen LogP contribution in [0.4, 0.5) is 4.39 Å². The lowest BCUT2D eigenvalue weighted by Crippen LogP contribution is -2.32. The monoisotopic (exact) mass is 221 g/mol. The molecule has 2 rings (SSSR count). The molecule has 1 aromatic carbocycles. The zero-order valence-corrected chi connectivity index (χ0v) is 9.88. The minimum atomic E-state index is -0.862. The molecule has 0 saturated carbocycles. The molecular weight excluding hydrogens is 201 g/mol. The van der Waals surface area contributed by atoms with Gasteiger partial charge in [-0.05, 0) is 31.9 Å². The molecule has 0 aliphatic carbocycles. The highest BCUT2D eigenvalue weighted by Crippen LogP contribution is 2.26. The third kappa shape index (κ3) is 2.82. The Morgan fingerprint density at radius 3 is 2.69 bits per heavy atom. The van der Waals surface area contributed by atoms with Gasteiger partial charge >= 0.3 is 0 Å². The fraction of sp³-hybridized carbons (Fsp3) is 0.571. The van der Waals surface area contributed by atoms with Crippen molar-refractivity contribution in [3.8, 4) is 0 Å². The van der Waals surface area contributed by atoms with Crippen molar-refractivity contribution >= 4 is 0 Å². The van der Waals surface area contributed by atoms with E-state index in [1.165, 1.54) is 18.4 Å². The first-order valence-corrected chi connectivity index (χ1v) is 6.21. The van der Waals surface area contributed by atoms with Crippen molar-refractivity contribution in [2.24, 2.45) is 0 Å². The average molecular weight is 221 g/mol. The molecule has 2 unspecified atom stereocenters. The lowest BCUT2D eigenvalue weighted by molar-refractivity contribution is 0.249. The number of rotatable bonds is 2. The van der Waals surface area contributed by atoms with E-state index in [1.54, 1.807) is 0 Å². The number of hydrogen-bond acceptors (Lipinski definition) is 1. The van der Waals surface area contributed by atoms with E-state index in [1.807, 2.05) is 31.2 Å². The molecule has 2 atom stereocenters. The van der Waals surface area contributed by atoms with Crippen molar-refractivity contribution in [1.82, 2.24) is 5.32 Å². The molecule has 1 aliphatic heterocycles. The van der Waals surface area contributed by atoms with Crippen molar-refractivity contribution in [2.75, 3.05) is 6.54 Å². The maximum absolute atomic E-state index is 14.3. The van der Waals surface area contributed by atoms with Gasteiger partial charge in [-0.15, -0.1) is 0 Å². The van der Waals surface area contributed by atoms with Crippen LogP contribution in [0.15, 0.2) is 24.3 Å². The van der Waals surface area contributed by atoms with E-state index in [-0.39, 0.29) is 6.04 Å². The zero-order valence-electron chi connectivity index (χ0n) is 9.88. The van der Waals surface area contributed by atoms with E-state index >= 15 is 0 Å². The molecule has 0 spiro atoms. The van der Waals surface area contributed by atoms with E-state index in [9.17, 15) is 4.39 Å². The van der Waals surface area contributed by atoms with E-state index in [0.717, 1.165) is 24.9 Å². The lowest BCUT2D eigenvalue weighted by atomic mass is 9.99. The Morgan fingerprint density at radius 1 is 1.19 bits per heavy atom. The van der Waals surface area contributed by atoms with Gasteiger partial charge in [-0.25, -0.2) is 4.39 Å². The standard InChI is InChI=1S/C14H20FN/c1-11-6-8-12(9-7-11)14(15)13-5-3-2-4-10-16-13/h6-9,13-14,16H,2-5,10H2,1H3. The Kier molecular flexibility index (Phi) is 3.94. The molecule has 1 heterocycles. The molecule has 1 aromatic rings. The number of benzene rings is 1. The summed E-state index contributed by atoms with van der Waals surface area (Å²) in [6.45, 7) is 2.98. The molecule has 16 heavy (non-hydrogen) atoms. The van der Waals surface area contributed by atoms with Crippen molar-refractivity contribution in [3.63, 3.8) is 0 Å². The Morgan fingerprint density at radius 2 is 1.94 bits per heavy atom. The van der Waals surface area contributed by atoms with Gasteiger partial charge in [0.25, 0.3) is 0 Å². The highest BCUT2D eigenvalue weighted by Gasteiger charge is 2.23. The summed E-state index contributed by atoms with van der Waals surface area (Å²) in [7, 11) is 0. The summed E-state index contributed by atoms with van der Waals surface area (Å²) in [5.41, 5.74) is 2.00. The molecule has 1 N–H and O–H groups in total. The topological polar surface area (TPSA) is 12.0 Å². The second-order valence-corrected chi connectivity index (χ2v) is 4.72. The minimum Gasteiger partial charge on any atom is -0.311 e. The summed E-state index contributed by atoms with van der Waals surface area (Å²) < 4.78 is 14.3. The largest absolute Gasteiger partial charge is 0.311 e. The van der Waals surface area contributed by atoms with Gasteiger partial charge in [-0.3, -0.25) is 0 Å². The second-order valence-electron chi connectivity index (χ2n) is 4.72. The zero-order chi connectivity index (χ0) is 11.4. The minimum absolute atomic E-state index is 0.00482. The lowest BCUT2D eigenvalue weighted by Gasteiger charge is -2.20. The normalized spacial score (nSPS) is 23.8. The van der Waals surface area contributed by atoms with E-state index < -0.39 is 6.17 Å². The first kappa shape index (κ1) is 11.6. The van der Waals surface area contributed by atoms with Crippen LogP contribution < -0.4 is 5.32 Å². The predicted octanol–water partition coefficient (Wildman–Crippen LogP) is 3.54. The van der Waals surface area contributed by atoms with E-state index in [2.05, 4.69) is 5.32 Å². The summed E-state index contributed by atoms with van der Waals surface area (Å²) in [6.07, 6.45) is 3.64. The van der Waals surface area contributed by atoms with Crippen LogP contribution in [0.2, 0.25) is 0 Å². The van der Waals surface area contributed by atoms with Crippen molar-refractivity contribution < 1.29 is 4.39 Å². The summed E-state index contributed by atoms with van der Waals surface area (Å²) in [5.74, 6) is 0. The number of alkyl halides is 1. The SMILES string of the molecule is Cc1ccc(C(F)C2CCCCCN2)cc1. The van der Waals surface area contributed by atoms with E-state index in [4.69, 9.17) is 0 Å². The smallest absolute Gasteiger partial charge is 0.140 e. The van der Waals surface area contributed by atoms with Crippen LogP contribution >= 0.6 is 0 Å². The molecule has 0 bridgehead atoms. The van der Waals surface area contributed by atoms with Crippen LogP contribution in [-0.2, 0) is 0 Å². The van der Waals surface area contributed by atoms with Gasteiger partial charge in [0, 0.05) is 6.04 Å². The Balaban J connectivity index is 2.04. The van der Waals surface area contributed by atoms with Gasteiger partial charge in [-0.1, -0.05) is 42.7 Å². The van der Waals surface area contributed by atoms with Crippen molar-refractivity contribution in [1.29, 1.82) is 0 Å². The third-order valence-corrected chi connectivity index (χ3v) is 3.35. The van der Waals surface area contributed by atoms with Crippen LogP contribution in [0.5, 0.6) is 0 Å². The number of hydrogen-bond donors (Lipinski definition) is 1. The Hall–Kier alpha value is -0.890. The van der Waals surface area contributed by atoms with Crippen molar-refractivity contribution in [3.05, 3.63) is 35.4 Å². The molecule has 1 aliphatic rings. The third-order valence-electron chi connectivity index (χ3n) is 3.35. The average Bonchev–Trinajstić information content (AvgIpc) is 2.57. The summed E-state index contributed by atoms with van der Waals surface area (Å²) in [5, 5.41) is 3.32. The highest BCUT2D eigenvalue weighted by molar-refractivity contribution is 5.24. The summed E-state index contributed by atoms with van der Waals surface area (Å²) >= 11 is 0. The van der Waals surface area contributed by atoms with Gasteiger partial charge in [0.2, 0.25) is 0 Å². The summed E-state index contributed by atoms with van der Waals surface area (Å²) in [6, 6.07) is 7.79. The van der Waals surface area contributed by atoms with Gasteiger partial charge in [0.15, 0.2) is 0 Å². The molecule has 0 radical (unpaired) electrons. The Labute approximate surface area is 97.1 Å². The molecule has 2 heteroatoms. The maximum atomic E-state index is 14.3. The number of halogens is 1. The molecule has 88 valence electrons. The van der Waals surface area contributed by atoms with E-state index in [0.29, 0.717) is 0 Å². The quantitative estimate of drug-likeness (QED) is 0.805. The molecule has 0 amide bonds. The van der Waals surface area contributed by atoms with Crippen LogP contribution in [-0.4, -0.2) is 12.6 Å². The maximum Gasteiger partial charge on any atom is 0.140 e. The fourth-order valence-corrected chi connectivity index (χ4v) is 2.29. The van der Waals surface area contributed by atoms with Crippen LogP contribution in [0.25, 0.3) is 0 Å². The molecule has 1 saturated heterocycles. The fourth-order valence-electron chi connectivity index (χ4n) is 2.29. The van der Waals surface area contributed by atoms with Crippen LogP contribution in [0.3, 0.4) is 0 Å². The van der Waals surface area contributed by atoms with Crippen LogP contribution in [0, 0.1) is 6.92 Å². The summed E-state index contributed by atoms with van der Waals surface area (Å²) in [4.78, 5) is 0.